The molecule has 0 unspecified atom stereocenters. The molecule has 4 rings (SSSR count). The minimum atomic E-state index is -0.114. The van der Waals surface area contributed by atoms with Crippen molar-refractivity contribution in [1.29, 1.82) is 0 Å². The lowest BCUT2D eigenvalue weighted by Gasteiger charge is -2.27. The molecule has 4 heterocycles. The van der Waals surface area contributed by atoms with Crippen molar-refractivity contribution >= 4 is 17.2 Å². The smallest absolute Gasteiger partial charge is 0.264 e. The highest BCUT2D eigenvalue weighted by atomic mass is 32.1. The zero-order valence-electron chi connectivity index (χ0n) is 13.0. The molecule has 124 valence electrons. The number of amides is 1. The number of hydrogen-bond donors (Lipinski definition) is 1. The molecule has 1 aliphatic heterocycles. The monoisotopic (exact) mass is 343 g/mol. The molecule has 24 heavy (non-hydrogen) atoms. The molecule has 0 saturated carbocycles. The quantitative estimate of drug-likeness (QED) is 0.788. The van der Waals surface area contributed by atoms with E-state index in [2.05, 4.69) is 20.3 Å². The summed E-state index contributed by atoms with van der Waals surface area (Å²) in [6.45, 7) is 0.718. The zero-order valence-corrected chi connectivity index (χ0v) is 13.8. The van der Waals surface area contributed by atoms with Crippen molar-refractivity contribution in [3.8, 4) is 10.6 Å². The lowest BCUT2D eigenvalue weighted by atomic mass is 10.1. The second kappa shape index (κ2) is 6.56. The summed E-state index contributed by atoms with van der Waals surface area (Å²) in [5.41, 5.74) is 0.921. The lowest BCUT2D eigenvalue weighted by Crippen LogP contribution is -2.34. The molecule has 8 heteroatoms. The van der Waals surface area contributed by atoms with Gasteiger partial charge in [-0.3, -0.25) is 9.89 Å². The predicted octanol–water partition coefficient (Wildman–Crippen LogP) is 3.28. The first-order chi connectivity index (χ1) is 11.8. The van der Waals surface area contributed by atoms with Gasteiger partial charge in [-0.1, -0.05) is 18.0 Å². The summed E-state index contributed by atoms with van der Waals surface area (Å²) in [6, 6.07) is 5.61. The highest BCUT2D eigenvalue weighted by Gasteiger charge is 2.31. The van der Waals surface area contributed by atoms with Gasteiger partial charge >= 0.3 is 0 Å². The average molecular weight is 343 g/mol. The van der Waals surface area contributed by atoms with E-state index in [1.807, 2.05) is 23.1 Å². The predicted molar refractivity (Wildman–Crippen MR) is 88.4 cm³/mol. The molecule has 1 aliphatic rings. The number of nitrogens with zero attached hydrogens (tertiary/aromatic N) is 4. The molecule has 1 saturated heterocycles. The molecule has 3 aromatic rings. The van der Waals surface area contributed by atoms with E-state index in [1.165, 1.54) is 17.7 Å². The Morgan fingerprint density at radius 2 is 2.25 bits per heavy atom. The Labute approximate surface area is 142 Å². The fourth-order valence-electron chi connectivity index (χ4n) is 3.08. The van der Waals surface area contributed by atoms with Crippen molar-refractivity contribution in [2.45, 2.75) is 31.7 Å². The van der Waals surface area contributed by atoms with E-state index in [0.717, 1.165) is 47.7 Å². The zero-order chi connectivity index (χ0) is 16.4. The SMILES string of the molecule is O=C(c1ccc(-c2ccn[nH]2)s1)N1CCCCC[C@H]1c1ncon1. The lowest BCUT2D eigenvalue weighted by molar-refractivity contribution is 0.0675. The van der Waals surface area contributed by atoms with Gasteiger partial charge in [-0.25, -0.2) is 0 Å². The van der Waals surface area contributed by atoms with Crippen LogP contribution in [0.1, 0.15) is 47.2 Å². The number of nitrogens with one attached hydrogen (secondary N) is 1. The fourth-order valence-corrected chi connectivity index (χ4v) is 4.01. The maximum absolute atomic E-state index is 13.1. The van der Waals surface area contributed by atoms with Gasteiger partial charge in [0.05, 0.1) is 21.5 Å². The number of carbonyl (C=O) groups excluding carboxylic acids is 1. The number of aromatic nitrogens is 4. The molecule has 0 aliphatic carbocycles. The molecule has 1 amide bonds. The number of hydrogen-bond acceptors (Lipinski definition) is 6. The van der Waals surface area contributed by atoms with Gasteiger partial charge < -0.3 is 9.42 Å². The van der Waals surface area contributed by atoms with Gasteiger partial charge in [0.15, 0.2) is 5.82 Å². The number of thiophene rings is 1. The first kappa shape index (κ1) is 15.1. The Morgan fingerprint density at radius 1 is 1.29 bits per heavy atom. The number of aromatic amines is 1. The van der Waals surface area contributed by atoms with Crippen molar-refractivity contribution in [2.75, 3.05) is 6.54 Å². The molecule has 0 radical (unpaired) electrons. The molecular formula is C16H17N5O2S. The van der Waals surface area contributed by atoms with Crippen molar-refractivity contribution < 1.29 is 9.32 Å². The molecular weight excluding hydrogens is 326 g/mol. The standard InChI is InChI=1S/C16H17N5O2S/c22-16(14-6-5-13(24-14)11-7-8-18-19-11)21-9-3-1-2-4-12(21)15-17-10-23-20-15/h5-8,10,12H,1-4,9H2,(H,18,19)/t12-/m0/s1. The molecule has 1 fully saturated rings. The Bertz CT molecular complexity index is 796. The minimum Gasteiger partial charge on any atom is -0.343 e. The van der Waals surface area contributed by atoms with Crippen LogP contribution in [-0.2, 0) is 0 Å². The molecule has 3 aromatic heterocycles. The van der Waals surface area contributed by atoms with Crippen LogP contribution in [0.5, 0.6) is 0 Å². The van der Waals surface area contributed by atoms with E-state index in [4.69, 9.17) is 4.52 Å². The third-order valence-corrected chi connectivity index (χ3v) is 5.38. The van der Waals surface area contributed by atoms with Crippen molar-refractivity contribution in [2.24, 2.45) is 0 Å². The van der Waals surface area contributed by atoms with Gasteiger partial charge in [-0.15, -0.1) is 11.3 Å². The van der Waals surface area contributed by atoms with Crippen LogP contribution in [0.25, 0.3) is 10.6 Å². The third kappa shape index (κ3) is 2.84. The number of rotatable bonds is 3. The van der Waals surface area contributed by atoms with Gasteiger partial charge in [-0.05, 0) is 31.0 Å². The summed E-state index contributed by atoms with van der Waals surface area (Å²) in [5, 5.41) is 10.9. The second-order valence-electron chi connectivity index (χ2n) is 5.79. The Balaban J connectivity index is 1.61. The highest BCUT2D eigenvalue weighted by Crippen LogP contribution is 2.32. The summed E-state index contributed by atoms with van der Waals surface area (Å²) in [4.78, 5) is 20.8. The molecule has 0 spiro atoms. The van der Waals surface area contributed by atoms with E-state index in [-0.39, 0.29) is 11.9 Å². The minimum absolute atomic E-state index is 0.0301. The normalized spacial score (nSPS) is 18.5. The van der Waals surface area contributed by atoms with Gasteiger partial charge in [0.2, 0.25) is 6.39 Å². The van der Waals surface area contributed by atoms with Crippen LogP contribution in [0, 0.1) is 0 Å². The van der Waals surface area contributed by atoms with Crippen LogP contribution < -0.4 is 0 Å². The summed E-state index contributed by atoms with van der Waals surface area (Å²) in [5.74, 6) is 0.623. The summed E-state index contributed by atoms with van der Waals surface area (Å²) in [6.07, 6.45) is 7.07. The first-order valence-electron chi connectivity index (χ1n) is 8.00. The van der Waals surface area contributed by atoms with Crippen LogP contribution >= 0.6 is 11.3 Å². The van der Waals surface area contributed by atoms with Crippen molar-refractivity contribution in [1.82, 2.24) is 25.2 Å². The Morgan fingerprint density at radius 3 is 3.04 bits per heavy atom. The summed E-state index contributed by atoms with van der Waals surface area (Å²) in [7, 11) is 0. The van der Waals surface area contributed by atoms with Crippen LogP contribution in [0.4, 0.5) is 0 Å². The highest BCUT2D eigenvalue weighted by molar-refractivity contribution is 7.17. The van der Waals surface area contributed by atoms with Gasteiger partial charge in [0.25, 0.3) is 5.91 Å². The Kier molecular flexibility index (Phi) is 4.12. The third-order valence-electron chi connectivity index (χ3n) is 4.27. The largest absolute Gasteiger partial charge is 0.343 e. The van der Waals surface area contributed by atoms with E-state index < -0.39 is 0 Å². The molecule has 0 bridgehead atoms. The number of likely N-dealkylation sites (tertiary alicyclic amines) is 1. The number of carbonyl (C=O) groups is 1. The van der Waals surface area contributed by atoms with Crippen molar-refractivity contribution in [3.63, 3.8) is 0 Å². The maximum Gasteiger partial charge on any atom is 0.264 e. The summed E-state index contributed by atoms with van der Waals surface area (Å²) < 4.78 is 4.89. The molecule has 7 nitrogen and oxygen atoms in total. The molecule has 0 aromatic carbocycles. The van der Waals surface area contributed by atoms with Gasteiger partial charge in [-0.2, -0.15) is 10.1 Å². The van der Waals surface area contributed by atoms with Crippen LogP contribution in [0.15, 0.2) is 35.3 Å². The van der Waals surface area contributed by atoms with Crippen LogP contribution in [0.3, 0.4) is 0 Å². The molecule has 1 atom stereocenters. The Hall–Kier alpha value is -2.48. The van der Waals surface area contributed by atoms with Gasteiger partial charge in [0.1, 0.15) is 0 Å². The average Bonchev–Trinajstić information content (AvgIpc) is 3.33. The molecule has 1 N–H and O–H groups in total. The fraction of sp³-hybridized carbons (Fsp3) is 0.375. The van der Waals surface area contributed by atoms with Crippen LogP contribution in [0.2, 0.25) is 0 Å². The van der Waals surface area contributed by atoms with E-state index in [0.29, 0.717) is 5.82 Å². The van der Waals surface area contributed by atoms with E-state index >= 15 is 0 Å². The van der Waals surface area contributed by atoms with Gasteiger partial charge in [0, 0.05) is 12.7 Å². The first-order valence-corrected chi connectivity index (χ1v) is 8.81. The topological polar surface area (TPSA) is 87.9 Å². The summed E-state index contributed by atoms with van der Waals surface area (Å²) >= 11 is 1.47. The van der Waals surface area contributed by atoms with Crippen LogP contribution in [-0.4, -0.2) is 37.7 Å². The maximum atomic E-state index is 13.1. The second-order valence-corrected chi connectivity index (χ2v) is 6.87. The van der Waals surface area contributed by atoms with Crippen molar-refractivity contribution in [3.05, 3.63) is 41.5 Å². The number of H-pyrrole nitrogens is 1. The van der Waals surface area contributed by atoms with E-state index in [1.54, 1.807) is 6.20 Å². The van der Waals surface area contributed by atoms with E-state index in [9.17, 15) is 4.79 Å².